The van der Waals surface area contributed by atoms with Gasteiger partial charge in [-0.15, -0.1) is 0 Å². The normalized spacial score (nSPS) is 15.5. The number of nitrogen functional groups attached to an aromatic ring is 1. The molecule has 0 bridgehead atoms. The second-order valence-electron chi connectivity index (χ2n) is 5.04. The van der Waals surface area contributed by atoms with E-state index in [-0.39, 0.29) is 5.91 Å². The van der Waals surface area contributed by atoms with Gasteiger partial charge in [0.2, 0.25) is 11.8 Å². The molecular weight excluding hydrogens is 244 g/mol. The Labute approximate surface area is 112 Å². The molecule has 1 amide bonds. The van der Waals surface area contributed by atoms with E-state index < -0.39 is 0 Å². The Morgan fingerprint density at radius 2 is 2.32 bits per heavy atom. The molecule has 1 aliphatic rings. The molecule has 1 fully saturated rings. The van der Waals surface area contributed by atoms with Gasteiger partial charge in [0, 0.05) is 13.1 Å². The van der Waals surface area contributed by atoms with E-state index in [0.29, 0.717) is 37.2 Å². The monoisotopic (exact) mass is 264 g/mol. The van der Waals surface area contributed by atoms with Gasteiger partial charge in [-0.3, -0.25) is 4.79 Å². The number of anilines is 2. The van der Waals surface area contributed by atoms with Crippen molar-refractivity contribution in [1.82, 2.24) is 10.3 Å². The lowest BCUT2D eigenvalue weighted by atomic mass is 10.2. The lowest BCUT2D eigenvalue weighted by molar-refractivity contribution is -0.120. The van der Waals surface area contributed by atoms with Gasteiger partial charge in [0.15, 0.2) is 0 Å². The van der Waals surface area contributed by atoms with Crippen LogP contribution in [-0.4, -0.2) is 37.1 Å². The van der Waals surface area contributed by atoms with Crippen molar-refractivity contribution in [3.8, 4) is 5.88 Å². The summed E-state index contributed by atoms with van der Waals surface area (Å²) < 4.78 is 5.59. The fraction of sp³-hybridized carbons (Fsp3) is 0.538. The molecule has 1 aromatic heterocycles. The van der Waals surface area contributed by atoms with Crippen LogP contribution in [0.5, 0.6) is 5.88 Å². The molecule has 0 radical (unpaired) electrons. The maximum atomic E-state index is 11.4. The van der Waals surface area contributed by atoms with Crippen LogP contribution in [0.15, 0.2) is 12.1 Å². The van der Waals surface area contributed by atoms with Crippen LogP contribution in [0.25, 0.3) is 0 Å². The number of amides is 1. The van der Waals surface area contributed by atoms with Crippen molar-refractivity contribution < 1.29 is 9.53 Å². The Balaban J connectivity index is 2.13. The molecule has 6 heteroatoms. The average Bonchev–Trinajstić information content (AvgIpc) is 2.37. The maximum absolute atomic E-state index is 11.4. The van der Waals surface area contributed by atoms with Crippen LogP contribution in [0.1, 0.15) is 13.8 Å². The van der Waals surface area contributed by atoms with Crippen LogP contribution >= 0.6 is 0 Å². The third kappa shape index (κ3) is 3.49. The maximum Gasteiger partial charge on any atom is 0.239 e. The van der Waals surface area contributed by atoms with Crippen LogP contribution in [0.2, 0.25) is 0 Å². The highest BCUT2D eigenvalue weighted by atomic mass is 16.5. The number of hydrogen-bond donors (Lipinski definition) is 2. The second-order valence-corrected chi connectivity index (χ2v) is 5.04. The Hall–Kier alpha value is -1.98. The van der Waals surface area contributed by atoms with Gasteiger partial charge in [-0.05, 0) is 18.1 Å². The molecule has 1 saturated heterocycles. The first kappa shape index (κ1) is 13.5. The molecule has 2 heterocycles. The molecule has 0 aliphatic carbocycles. The highest BCUT2D eigenvalue weighted by molar-refractivity contribution is 5.82. The highest BCUT2D eigenvalue weighted by Crippen LogP contribution is 2.23. The van der Waals surface area contributed by atoms with Crippen molar-refractivity contribution in [2.75, 3.05) is 36.9 Å². The summed E-state index contributed by atoms with van der Waals surface area (Å²) in [7, 11) is 0. The van der Waals surface area contributed by atoms with Gasteiger partial charge in [0.05, 0.1) is 18.8 Å². The van der Waals surface area contributed by atoms with Crippen LogP contribution in [-0.2, 0) is 4.79 Å². The standard InChI is InChI=1S/C13H20N4O2/c1-9(2)8-19-13-10(14)3-4-11(16-13)17-6-5-15-12(18)7-17/h3-4,9H,5-8,14H2,1-2H3,(H,15,18). The second kappa shape index (κ2) is 5.77. The van der Waals surface area contributed by atoms with Crippen LogP contribution in [0, 0.1) is 5.92 Å². The lowest BCUT2D eigenvalue weighted by Gasteiger charge is -2.28. The van der Waals surface area contributed by atoms with Crippen molar-refractivity contribution in [2.24, 2.45) is 5.92 Å². The largest absolute Gasteiger partial charge is 0.476 e. The minimum Gasteiger partial charge on any atom is -0.476 e. The third-order valence-corrected chi connectivity index (χ3v) is 2.79. The molecule has 1 aliphatic heterocycles. The number of ether oxygens (including phenoxy) is 1. The zero-order valence-corrected chi connectivity index (χ0v) is 11.3. The Bertz CT molecular complexity index is 462. The molecule has 2 rings (SSSR count). The Morgan fingerprint density at radius 3 is 3.00 bits per heavy atom. The van der Waals surface area contributed by atoms with Crippen LogP contribution in [0.3, 0.4) is 0 Å². The number of pyridine rings is 1. The number of hydrogen-bond acceptors (Lipinski definition) is 5. The highest BCUT2D eigenvalue weighted by Gasteiger charge is 2.18. The van der Waals surface area contributed by atoms with E-state index >= 15 is 0 Å². The zero-order chi connectivity index (χ0) is 13.8. The van der Waals surface area contributed by atoms with Gasteiger partial charge in [0.25, 0.3) is 0 Å². The van der Waals surface area contributed by atoms with Gasteiger partial charge >= 0.3 is 0 Å². The van der Waals surface area contributed by atoms with E-state index in [2.05, 4.69) is 24.1 Å². The summed E-state index contributed by atoms with van der Waals surface area (Å²) in [4.78, 5) is 17.7. The summed E-state index contributed by atoms with van der Waals surface area (Å²) in [6, 6.07) is 3.58. The molecule has 6 nitrogen and oxygen atoms in total. The molecule has 0 unspecified atom stereocenters. The third-order valence-electron chi connectivity index (χ3n) is 2.79. The first-order chi connectivity index (χ1) is 9.06. The van der Waals surface area contributed by atoms with Gasteiger partial charge in [0.1, 0.15) is 5.82 Å². The molecule has 3 N–H and O–H groups in total. The van der Waals surface area contributed by atoms with Gasteiger partial charge in [-0.25, -0.2) is 0 Å². The molecule has 0 aromatic carbocycles. The summed E-state index contributed by atoms with van der Waals surface area (Å²) in [6.45, 7) is 6.39. The molecule has 0 saturated carbocycles. The van der Waals surface area contributed by atoms with E-state index in [4.69, 9.17) is 10.5 Å². The quantitative estimate of drug-likeness (QED) is 0.834. The van der Waals surface area contributed by atoms with Gasteiger partial charge in [-0.1, -0.05) is 13.8 Å². The number of nitrogens with one attached hydrogen (secondary N) is 1. The summed E-state index contributed by atoms with van der Waals surface area (Å²) in [5.74, 6) is 1.58. The van der Waals surface area contributed by atoms with E-state index in [1.54, 1.807) is 6.07 Å². The first-order valence-electron chi connectivity index (χ1n) is 6.47. The number of nitrogens with zero attached hydrogens (tertiary/aromatic N) is 2. The smallest absolute Gasteiger partial charge is 0.239 e. The predicted molar refractivity (Wildman–Crippen MR) is 74.2 cm³/mol. The number of aromatic nitrogens is 1. The number of rotatable bonds is 4. The molecule has 1 aromatic rings. The molecule has 104 valence electrons. The van der Waals surface area contributed by atoms with Crippen molar-refractivity contribution >= 4 is 17.4 Å². The van der Waals surface area contributed by atoms with Crippen molar-refractivity contribution in [3.05, 3.63) is 12.1 Å². The predicted octanol–water partition coefficient (Wildman–Crippen LogP) is 0.635. The van der Waals surface area contributed by atoms with E-state index in [9.17, 15) is 4.79 Å². The molecule has 0 atom stereocenters. The summed E-state index contributed by atoms with van der Waals surface area (Å²) in [5, 5.41) is 2.78. The number of carbonyl (C=O) groups is 1. The molecule has 0 spiro atoms. The fourth-order valence-corrected chi connectivity index (χ4v) is 1.81. The van der Waals surface area contributed by atoms with E-state index in [1.165, 1.54) is 0 Å². The number of carbonyl (C=O) groups excluding carboxylic acids is 1. The van der Waals surface area contributed by atoms with Gasteiger partial charge < -0.3 is 20.7 Å². The summed E-state index contributed by atoms with van der Waals surface area (Å²) in [5.41, 5.74) is 6.37. The average molecular weight is 264 g/mol. The lowest BCUT2D eigenvalue weighted by Crippen LogP contribution is -2.48. The van der Waals surface area contributed by atoms with Crippen LogP contribution in [0.4, 0.5) is 11.5 Å². The number of piperazine rings is 1. The number of nitrogens with two attached hydrogens (primary N) is 1. The minimum atomic E-state index is 0.00882. The SMILES string of the molecule is CC(C)COc1nc(N2CCNC(=O)C2)ccc1N. The molecule has 19 heavy (non-hydrogen) atoms. The summed E-state index contributed by atoms with van der Waals surface area (Å²) >= 11 is 0. The molecular formula is C13H20N4O2. The topological polar surface area (TPSA) is 80.5 Å². The van der Waals surface area contributed by atoms with Crippen molar-refractivity contribution in [1.29, 1.82) is 0 Å². The fourth-order valence-electron chi connectivity index (χ4n) is 1.81. The zero-order valence-electron chi connectivity index (χ0n) is 11.3. The van der Waals surface area contributed by atoms with Crippen LogP contribution < -0.4 is 20.7 Å². The first-order valence-corrected chi connectivity index (χ1v) is 6.47. The van der Waals surface area contributed by atoms with E-state index in [0.717, 1.165) is 12.4 Å². The minimum absolute atomic E-state index is 0.00882. The Morgan fingerprint density at radius 1 is 1.53 bits per heavy atom. The summed E-state index contributed by atoms with van der Waals surface area (Å²) in [6.07, 6.45) is 0. The van der Waals surface area contributed by atoms with Crippen molar-refractivity contribution in [3.63, 3.8) is 0 Å². The van der Waals surface area contributed by atoms with Crippen molar-refractivity contribution in [2.45, 2.75) is 13.8 Å². The van der Waals surface area contributed by atoms with Gasteiger partial charge in [-0.2, -0.15) is 4.98 Å². The Kier molecular flexibility index (Phi) is 4.09. The van der Waals surface area contributed by atoms with E-state index in [1.807, 2.05) is 11.0 Å².